The average molecular weight is 370 g/mol. The van der Waals surface area contributed by atoms with E-state index in [1.54, 1.807) is 25.3 Å². The molecule has 4 nitrogen and oxygen atoms in total. The van der Waals surface area contributed by atoms with Crippen LogP contribution in [0.3, 0.4) is 0 Å². The van der Waals surface area contributed by atoms with Crippen LogP contribution in [0, 0.1) is 5.82 Å². The number of nitrogens with zero attached hydrogens (tertiary/aromatic N) is 1. The fourth-order valence-electron chi connectivity index (χ4n) is 3.68. The number of benzene rings is 2. The third-order valence-corrected chi connectivity index (χ3v) is 5.15. The third-order valence-electron chi connectivity index (χ3n) is 5.15. The van der Waals surface area contributed by atoms with Gasteiger partial charge < -0.3 is 10.1 Å². The second kappa shape index (κ2) is 9.51. The van der Waals surface area contributed by atoms with Crippen LogP contribution in [0.25, 0.3) is 0 Å². The molecule has 1 fully saturated rings. The summed E-state index contributed by atoms with van der Waals surface area (Å²) >= 11 is 0. The number of nitrogens with one attached hydrogen (secondary N) is 1. The van der Waals surface area contributed by atoms with Gasteiger partial charge in [-0.05, 0) is 50.0 Å². The molecule has 1 atom stereocenters. The Morgan fingerprint density at radius 3 is 2.59 bits per heavy atom. The van der Waals surface area contributed by atoms with Gasteiger partial charge in [-0.25, -0.2) is 4.39 Å². The second-order valence-corrected chi connectivity index (χ2v) is 6.90. The van der Waals surface area contributed by atoms with Crippen LogP contribution < -0.4 is 10.1 Å². The van der Waals surface area contributed by atoms with Gasteiger partial charge in [0.1, 0.15) is 11.6 Å². The summed E-state index contributed by atoms with van der Waals surface area (Å²) in [6.45, 7) is 2.57. The maximum Gasteiger partial charge on any atom is 0.220 e. The van der Waals surface area contributed by atoms with E-state index in [1.165, 1.54) is 18.9 Å². The van der Waals surface area contributed by atoms with E-state index in [-0.39, 0.29) is 24.2 Å². The summed E-state index contributed by atoms with van der Waals surface area (Å²) in [6, 6.07) is 14.7. The molecule has 1 aliphatic heterocycles. The molecule has 0 aromatic heterocycles. The molecular formula is C22H27FN2O2. The van der Waals surface area contributed by atoms with Crippen molar-refractivity contribution in [3.63, 3.8) is 0 Å². The summed E-state index contributed by atoms with van der Waals surface area (Å²) in [5, 5.41) is 3.04. The van der Waals surface area contributed by atoms with Crippen molar-refractivity contribution in [2.45, 2.75) is 31.7 Å². The number of carbonyl (C=O) groups excluding carboxylic acids is 1. The Labute approximate surface area is 160 Å². The van der Waals surface area contributed by atoms with Crippen molar-refractivity contribution < 1.29 is 13.9 Å². The Balaban J connectivity index is 1.62. The predicted molar refractivity (Wildman–Crippen MR) is 104 cm³/mol. The second-order valence-electron chi connectivity index (χ2n) is 6.90. The van der Waals surface area contributed by atoms with Gasteiger partial charge in [-0.3, -0.25) is 9.69 Å². The minimum atomic E-state index is -0.255. The van der Waals surface area contributed by atoms with Crippen molar-refractivity contribution in [1.29, 1.82) is 0 Å². The van der Waals surface area contributed by atoms with E-state index >= 15 is 0 Å². The molecule has 1 heterocycles. The minimum Gasteiger partial charge on any atom is -0.496 e. The lowest BCUT2D eigenvalue weighted by Crippen LogP contribution is -2.37. The number of carbonyl (C=O) groups is 1. The number of aryl methyl sites for hydroxylation is 1. The van der Waals surface area contributed by atoms with Crippen molar-refractivity contribution in [2.24, 2.45) is 0 Å². The number of likely N-dealkylation sites (tertiary alicyclic amines) is 1. The first-order chi connectivity index (χ1) is 13.2. The molecule has 0 saturated carbocycles. The van der Waals surface area contributed by atoms with Crippen molar-refractivity contribution in [3.8, 4) is 5.75 Å². The number of halogens is 1. The molecule has 1 saturated heterocycles. The van der Waals surface area contributed by atoms with Crippen LogP contribution in [0.4, 0.5) is 4.39 Å². The van der Waals surface area contributed by atoms with E-state index in [0.717, 1.165) is 24.4 Å². The molecule has 0 aliphatic carbocycles. The zero-order chi connectivity index (χ0) is 19.1. The Hall–Kier alpha value is -2.40. The highest BCUT2D eigenvalue weighted by atomic mass is 19.1. The van der Waals surface area contributed by atoms with E-state index < -0.39 is 0 Å². The molecule has 1 aliphatic rings. The highest BCUT2D eigenvalue weighted by Crippen LogP contribution is 2.31. The molecule has 0 spiro atoms. The molecule has 5 heteroatoms. The number of rotatable bonds is 8. The van der Waals surface area contributed by atoms with Crippen LogP contribution in [0.1, 0.15) is 36.4 Å². The first kappa shape index (κ1) is 19.4. The molecule has 2 aromatic carbocycles. The lowest BCUT2D eigenvalue weighted by atomic mass is 10.0. The predicted octanol–water partition coefficient (Wildman–Crippen LogP) is 3.72. The normalized spacial score (nSPS) is 15.5. The van der Waals surface area contributed by atoms with Crippen molar-refractivity contribution >= 4 is 5.91 Å². The summed E-state index contributed by atoms with van der Waals surface area (Å²) in [7, 11) is 1.67. The first-order valence-electron chi connectivity index (χ1n) is 9.56. The van der Waals surface area contributed by atoms with Crippen LogP contribution in [0.5, 0.6) is 5.75 Å². The van der Waals surface area contributed by atoms with E-state index in [0.29, 0.717) is 18.5 Å². The molecule has 1 N–H and O–H groups in total. The fourth-order valence-corrected chi connectivity index (χ4v) is 3.68. The quantitative estimate of drug-likeness (QED) is 0.770. The highest BCUT2D eigenvalue weighted by Gasteiger charge is 2.26. The van der Waals surface area contributed by atoms with Crippen LogP contribution in [-0.4, -0.2) is 37.6 Å². The van der Waals surface area contributed by atoms with Gasteiger partial charge in [0.2, 0.25) is 5.91 Å². The number of methoxy groups -OCH3 is 1. The summed E-state index contributed by atoms with van der Waals surface area (Å²) in [4.78, 5) is 14.7. The van der Waals surface area contributed by atoms with Gasteiger partial charge in [0, 0.05) is 18.5 Å². The Bertz CT molecular complexity index is 759. The lowest BCUT2D eigenvalue weighted by molar-refractivity contribution is -0.121. The monoisotopic (exact) mass is 370 g/mol. The molecule has 3 rings (SSSR count). The van der Waals surface area contributed by atoms with Gasteiger partial charge >= 0.3 is 0 Å². The summed E-state index contributed by atoms with van der Waals surface area (Å²) in [5.41, 5.74) is 1.67. The highest BCUT2D eigenvalue weighted by molar-refractivity contribution is 5.76. The topological polar surface area (TPSA) is 41.6 Å². The largest absolute Gasteiger partial charge is 0.496 e. The molecule has 0 radical (unpaired) electrons. The Kier molecular flexibility index (Phi) is 6.82. The first-order valence-corrected chi connectivity index (χ1v) is 9.56. The number of ether oxygens (including phenoxy) is 1. The molecule has 0 bridgehead atoms. The summed E-state index contributed by atoms with van der Waals surface area (Å²) < 4.78 is 19.2. The lowest BCUT2D eigenvalue weighted by Gasteiger charge is -2.29. The van der Waals surface area contributed by atoms with Gasteiger partial charge in [0.25, 0.3) is 0 Å². The standard InChI is InChI=1S/C22H27FN2O2/c1-27-21-11-5-3-9-18(21)20(25-14-6-7-15-25)16-24-22(26)13-12-17-8-2-4-10-19(17)23/h2-5,8-11,20H,6-7,12-16H2,1H3,(H,24,26). The third kappa shape index (κ3) is 5.07. The Morgan fingerprint density at radius 2 is 1.85 bits per heavy atom. The summed E-state index contributed by atoms with van der Waals surface area (Å²) in [5.74, 6) is 0.529. The number of hydrogen-bond donors (Lipinski definition) is 1. The number of hydrogen-bond acceptors (Lipinski definition) is 3. The van der Waals surface area contributed by atoms with Crippen LogP contribution in [-0.2, 0) is 11.2 Å². The van der Waals surface area contributed by atoms with Crippen molar-refractivity contribution in [1.82, 2.24) is 10.2 Å². The molecule has 144 valence electrons. The van der Waals surface area contributed by atoms with E-state index in [9.17, 15) is 9.18 Å². The number of amides is 1. The number of para-hydroxylation sites is 1. The molecular weight excluding hydrogens is 343 g/mol. The summed E-state index contributed by atoms with van der Waals surface area (Å²) in [6.07, 6.45) is 3.03. The van der Waals surface area contributed by atoms with Crippen LogP contribution >= 0.6 is 0 Å². The van der Waals surface area contributed by atoms with E-state index in [1.807, 2.05) is 18.2 Å². The fraction of sp³-hybridized carbons (Fsp3) is 0.409. The van der Waals surface area contributed by atoms with Crippen molar-refractivity contribution in [3.05, 3.63) is 65.5 Å². The van der Waals surface area contributed by atoms with Gasteiger partial charge in [-0.1, -0.05) is 36.4 Å². The van der Waals surface area contributed by atoms with Gasteiger partial charge in [-0.15, -0.1) is 0 Å². The zero-order valence-electron chi connectivity index (χ0n) is 15.8. The average Bonchev–Trinajstić information content (AvgIpc) is 3.22. The Morgan fingerprint density at radius 1 is 1.15 bits per heavy atom. The molecule has 2 aromatic rings. The van der Waals surface area contributed by atoms with Crippen LogP contribution in [0.15, 0.2) is 48.5 Å². The molecule has 1 amide bonds. The van der Waals surface area contributed by atoms with Gasteiger partial charge in [0.05, 0.1) is 13.2 Å². The maximum atomic E-state index is 13.7. The SMILES string of the molecule is COc1ccccc1C(CNC(=O)CCc1ccccc1F)N1CCCC1. The zero-order valence-corrected chi connectivity index (χ0v) is 15.8. The van der Waals surface area contributed by atoms with Crippen LogP contribution in [0.2, 0.25) is 0 Å². The molecule has 1 unspecified atom stereocenters. The van der Waals surface area contributed by atoms with Gasteiger partial charge in [-0.2, -0.15) is 0 Å². The molecule has 27 heavy (non-hydrogen) atoms. The van der Waals surface area contributed by atoms with E-state index in [2.05, 4.69) is 16.3 Å². The smallest absolute Gasteiger partial charge is 0.220 e. The van der Waals surface area contributed by atoms with E-state index in [4.69, 9.17) is 4.74 Å². The maximum absolute atomic E-state index is 13.7. The van der Waals surface area contributed by atoms with Gasteiger partial charge in [0.15, 0.2) is 0 Å². The minimum absolute atomic E-state index is 0.0580. The van der Waals surface area contributed by atoms with Crippen molar-refractivity contribution in [2.75, 3.05) is 26.7 Å².